The van der Waals surface area contributed by atoms with Crippen molar-refractivity contribution in [2.45, 2.75) is 12.8 Å². The Hall–Kier alpha value is -1.12. The Morgan fingerprint density at radius 3 is 2.32 bits per heavy atom. The van der Waals surface area contributed by atoms with Gasteiger partial charge in [0.05, 0.1) is 0 Å². The van der Waals surface area contributed by atoms with Crippen molar-refractivity contribution >= 4 is 6.08 Å². The fraction of sp³-hybridized carbons (Fsp3) is 0.529. The predicted molar refractivity (Wildman–Crippen MR) is 81.1 cm³/mol. The first-order valence-corrected chi connectivity index (χ1v) is 7.56. The molecule has 0 amide bonds. The van der Waals surface area contributed by atoms with Gasteiger partial charge in [-0.25, -0.2) is 0 Å². The van der Waals surface area contributed by atoms with E-state index in [4.69, 9.17) is 0 Å². The third kappa shape index (κ3) is 4.19. The van der Waals surface area contributed by atoms with E-state index in [-0.39, 0.29) is 0 Å². The Bertz CT molecular complexity index is 401. The van der Waals surface area contributed by atoms with Crippen molar-refractivity contribution in [3.63, 3.8) is 0 Å². The maximum atomic E-state index is 2.65. The van der Waals surface area contributed by atoms with Gasteiger partial charge in [-0.1, -0.05) is 42.5 Å². The van der Waals surface area contributed by atoms with E-state index in [9.17, 15) is 0 Å². The summed E-state index contributed by atoms with van der Waals surface area (Å²) in [4.78, 5) is 5.21. The average molecular weight is 256 g/mol. The largest absolute Gasteiger partial charge is 0.301 e. The molecule has 3 rings (SSSR count). The van der Waals surface area contributed by atoms with Crippen LogP contribution in [0, 0.1) is 5.92 Å². The average Bonchev–Trinajstić information content (AvgIpc) is 3.26. The van der Waals surface area contributed by atoms with Crippen LogP contribution in [0.15, 0.2) is 36.4 Å². The van der Waals surface area contributed by atoms with Crippen molar-refractivity contribution < 1.29 is 0 Å². The summed E-state index contributed by atoms with van der Waals surface area (Å²) >= 11 is 0. The second kappa shape index (κ2) is 6.36. The van der Waals surface area contributed by atoms with Crippen molar-refractivity contribution in [1.29, 1.82) is 0 Å². The number of nitrogens with zero attached hydrogens (tertiary/aromatic N) is 2. The van der Waals surface area contributed by atoms with Gasteiger partial charge in [0.25, 0.3) is 0 Å². The van der Waals surface area contributed by atoms with E-state index < -0.39 is 0 Å². The molecule has 1 aliphatic carbocycles. The molecule has 19 heavy (non-hydrogen) atoms. The van der Waals surface area contributed by atoms with E-state index in [0.717, 1.165) is 12.5 Å². The number of hydrogen-bond donors (Lipinski definition) is 0. The number of piperazine rings is 1. The van der Waals surface area contributed by atoms with Crippen molar-refractivity contribution in [3.8, 4) is 0 Å². The van der Waals surface area contributed by atoms with E-state index in [0.29, 0.717) is 0 Å². The van der Waals surface area contributed by atoms with E-state index in [1.807, 2.05) is 0 Å². The second-order valence-electron chi connectivity index (χ2n) is 5.86. The van der Waals surface area contributed by atoms with Crippen LogP contribution in [0.5, 0.6) is 0 Å². The molecule has 1 aromatic rings. The van der Waals surface area contributed by atoms with Crippen LogP contribution < -0.4 is 0 Å². The lowest BCUT2D eigenvalue weighted by atomic mass is 10.2. The van der Waals surface area contributed by atoms with Crippen LogP contribution in [0.2, 0.25) is 0 Å². The third-order valence-electron chi connectivity index (χ3n) is 4.15. The predicted octanol–water partition coefficient (Wildman–Crippen LogP) is 2.73. The van der Waals surface area contributed by atoms with Crippen LogP contribution in [0.4, 0.5) is 0 Å². The number of benzene rings is 1. The maximum Gasteiger partial charge on any atom is 0.0167 e. The molecule has 1 saturated heterocycles. The molecular weight excluding hydrogens is 232 g/mol. The van der Waals surface area contributed by atoms with Crippen LogP contribution in [-0.4, -0.2) is 49.1 Å². The Morgan fingerprint density at radius 1 is 0.947 bits per heavy atom. The van der Waals surface area contributed by atoms with Crippen LogP contribution in [0.1, 0.15) is 18.4 Å². The topological polar surface area (TPSA) is 6.48 Å². The van der Waals surface area contributed by atoms with Gasteiger partial charge in [-0.15, -0.1) is 0 Å². The minimum atomic E-state index is 1.03. The van der Waals surface area contributed by atoms with Gasteiger partial charge in [-0.2, -0.15) is 0 Å². The van der Waals surface area contributed by atoms with Crippen molar-refractivity contribution in [2.75, 3.05) is 39.3 Å². The minimum absolute atomic E-state index is 1.03. The normalized spacial score (nSPS) is 22.1. The van der Waals surface area contributed by atoms with E-state index in [1.165, 1.54) is 51.1 Å². The van der Waals surface area contributed by atoms with E-state index >= 15 is 0 Å². The zero-order chi connectivity index (χ0) is 12.9. The fourth-order valence-electron chi connectivity index (χ4n) is 2.72. The molecule has 1 heterocycles. The molecule has 0 bridgehead atoms. The highest BCUT2D eigenvalue weighted by Crippen LogP contribution is 2.29. The van der Waals surface area contributed by atoms with Gasteiger partial charge in [0, 0.05) is 39.3 Å². The Balaban J connectivity index is 1.38. The molecule has 1 aliphatic heterocycles. The van der Waals surface area contributed by atoms with Gasteiger partial charge in [-0.05, 0) is 24.3 Å². The van der Waals surface area contributed by atoms with Crippen LogP contribution in [0.3, 0.4) is 0 Å². The Morgan fingerprint density at radius 2 is 1.63 bits per heavy atom. The van der Waals surface area contributed by atoms with Crippen LogP contribution >= 0.6 is 0 Å². The number of hydrogen-bond acceptors (Lipinski definition) is 2. The van der Waals surface area contributed by atoms with E-state index in [1.54, 1.807) is 0 Å². The highest BCUT2D eigenvalue weighted by molar-refractivity contribution is 5.48. The van der Waals surface area contributed by atoms with Gasteiger partial charge in [0.15, 0.2) is 0 Å². The standard InChI is InChI=1S/C17H24N2/c1-2-5-16(6-3-1)7-4-10-18-11-13-19(14-12-18)15-17-8-9-17/h1-7,17H,8-15H2. The molecule has 0 N–H and O–H groups in total. The monoisotopic (exact) mass is 256 g/mol. The molecule has 0 unspecified atom stereocenters. The van der Waals surface area contributed by atoms with Crippen LogP contribution in [-0.2, 0) is 0 Å². The molecular formula is C17H24N2. The minimum Gasteiger partial charge on any atom is -0.301 e. The molecule has 0 atom stereocenters. The number of rotatable bonds is 5. The summed E-state index contributed by atoms with van der Waals surface area (Å²) in [6, 6.07) is 10.6. The molecule has 0 radical (unpaired) electrons. The molecule has 2 nitrogen and oxygen atoms in total. The molecule has 102 valence electrons. The first kappa shape index (κ1) is 12.9. The highest BCUT2D eigenvalue weighted by atomic mass is 15.3. The maximum absolute atomic E-state index is 2.65. The first-order chi connectivity index (χ1) is 9.40. The van der Waals surface area contributed by atoms with Gasteiger partial charge in [-0.3, -0.25) is 4.90 Å². The summed E-state index contributed by atoms with van der Waals surface area (Å²) in [6.07, 6.45) is 7.47. The fourth-order valence-corrected chi connectivity index (χ4v) is 2.72. The van der Waals surface area contributed by atoms with Crippen molar-refractivity contribution in [2.24, 2.45) is 5.92 Å². The molecule has 0 spiro atoms. The smallest absolute Gasteiger partial charge is 0.0167 e. The SMILES string of the molecule is C(=Cc1ccccc1)CN1CCN(CC2CC2)CC1. The van der Waals surface area contributed by atoms with Gasteiger partial charge in [0.2, 0.25) is 0 Å². The Kier molecular flexibility index (Phi) is 4.31. The lowest BCUT2D eigenvalue weighted by Crippen LogP contribution is -2.46. The summed E-state index contributed by atoms with van der Waals surface area (Å²) in [5.74, 6) is 1.03. The van der Waals surface area contributed by atoms with Crippen molar-refractivity contribution in [1.82, 2.24) is 9.80 Å². The van der Waals surface area contributed by atoms with Gasteiger partial charge < -0.3 is 4.90 Å². The first-order valence-electron chi connectivity index (χ1n) is 7.56. The highest BCUT2D eigenvalue weighted by Gasteiger charge is 2.25. The molecule has 2 fully saturated rings. The zero-order valence-electron chi connectivity index (χ0n) is 11.7. The van der Waals surface area contributed by atoms with Gasteiger partial charge in [0.1, 0.15) is 0 Å². The zero-order valence-corrected chi connectivity index (χ0v) is 11.7. The van der Waals surface area contributed by atoms with Gasteiger partial charge >= 0.3 is 0 Å². The third-order valence-corrected chi connectivity index (χ3v) is 4.15. The second-order valence-corrected chi connectivity index (χ2v) is 5.86. The lowest BCUT2D eigenvalue weighted by Gasteiger charge is -2.34. The van der Waals surface area contributed by atoms with Crippen molar-refractivity contribution in [3.05, 3.63) is 42.0 Å². The summed E-state index contributed by atoms with van der Waals surface area (Å²) in [5, 5.41) is 0. The summed E-state index contributed by atoms with van der Waals surface area (Å²) in [6.45, 7) is 7.42. The summed E-state index contributed by atoms with van der Waals surface area (Å²) < 4.78 is 0. The quantitative estimate of drug-likeness (QED) is 0.799. The summed E-state index contributed by atoms with van der Waals surface area (Å²) in [5.41, 5.74) is 1.30. The summed E-state index contributed by atoms with van der Waals surface area (Å²) in [7, 11) is 0. The van der Waals surface area contributed by atoms with Crippen LogP contribution in [0.25, 0.3) is 6.08 Å². The molecule has 2 heteroatoms. The Labute approximate surface area is 116 Å². The molecule has 1 saturated carbocycles. The lowest BCUT2D eigenvalue weighted by molar-refractivity contribution is 0.138. The molecule has 0 aromatic heterocycles. The molecule has 1 aromatic carbocycles. The molecule has 2 aliphatic rings. The van der Waals surface area contributed by atoms with E-state index in [2.05, 4.69) is 52.3 Å².